The molecule has 2 N–H and O–H groups in total. The van der Waals surface area contributed by atoms with Crippen LogP contribution in [0, 0.1) is 0 Å². The molecule has 0 bridgehead atoms. The first-order valence-corrected chi connectivity index (χ1v) is 10.3. The van der Waals surface area contributed by atoms with Crippen molar-refractivity contribution in [1.82, 2.24) is 25.1 Å². The van der Waals surface area contributed by atoms with Gasteiger partial charge in [0, 0.05) is 38.2 Å². The van der Waals surface area contributed by atoms with Gasteiger partial charge in [0.15, 0.2) is 5.82 Å². The Hall–Kier alpha value is -2.38. The van der Waals surface area contributed by atoms with Crippen molar-refractivity contribution in [3.63, 3.8) is 0 Å². The molecule has 146 valence electrons. The maximum atomic E-state index is 5.98. The molecule has 5 rings (SSSR count). The van der Waals surface area contributed by atoms with Gasteiger partial charge in [-0.05, 0) is 31.2 Å². The summed E-state index contributed by atoms with van der Waals surface area (Å²) < 4.78 is 2.16. The van der Waals surface area contributed by atoms with Gasteiger partial charge in [0.2, 0.25) is 5.95 Å². The van der Waals surface area contributed by atoms with E-state index in [0.29, 0.717) is 17.8 Å². The molecule has 8 heteroatoms. The molecule has 3 aromatic rings. The lowest BCUT2D eigenvalue weighted by Crippen LogP contribution is -2.56. The van der Waals surface area contributed by atoms with Crippen LogP contribution in [-0.2, 0) is 12.9 Å². The second-order valence-electron chi connectivity index (χ2n) is 7.67. The Balaban J connectivity index is 1.31. The van der Waals surface area contributed by atoms with Crippen molar-refractivity contribution in [3.05, 3.63) is 41.6 Å². The topological polar surface area (TPSA) is 70.9 Å². The first kappa shape index (κ1) is 17.7. The fraction of sp³-hybridized carbons (Fsp3) is 0.450. The molecule has 2 saturated heterocycles. The van der Waals surface area contributed by atoms with E-state index in [1.54, 1.807) is 0 Å². The highest BCUT2D eigenvalue weighted by molar-refractivity contribution is 6.16. The molecule has 1 atom stereocenters. The number of nitrogens with one attached hydrogen (secondary N) is 2. The van der Waals surface area contributed by atoms with Gasteiger partial charge in [-0.25, -0.2) is 4.98 Å². The third kappa shape index (κ3) is 3.08. The van der Waals surface area contributed by atoms with Crippen LogP contribution in [0.2, 0.25) is 0 Å². The Bertz CT molecular complexity index is 989. The van der Waals surface area contributed by atoms with Crippen molar-refractivity contribution in [2.75, 3.05) is 36.4 Å². The molecule has 4 heterocycles. The summed E-state index contributed by atoms with van der Waals surface area (Å²) in [5, 5.41) is 15.8. The summed E-state index contributed by atoms with van der Waals surface area (Å²) in [6.45, 7) is 3.84. The Morgan fingerprint density at radius 1 is 1.25 bits per heavy atom. The quantitative estimate of drug-likeness (QED) is 0.644. The minimum absolute atomic E-state index is 0.337. The predicted molar refractivity (Wildman–Crippen MR) is 112 cm³/mol. The van der Waals surface area contributed by atoms with Gasteiger partial charge in [0.05, 0.1) is 28.6 Å². The van der Waals surface area contributed by atoms with E-state index in [2.05, 4.69) is 61.6 Å². The summed E-state index contributed by atoms with van der Waals surface area (Å²) in [6, 6.07) is 10.7. The van der Waals surface area contributed by atoms with Crippen molar-refractivity contribution in [1.29, 1.82) is 0 Å². The molecular formula is C20H24ClN7. The maximum Gasteiger partial charge on any atom is 0.206 e. The van der Waals surface area contributed by atoms with Crippen LogP contribution in [0.25, 0.3) is 11.0 Å². The lowest BCUT2D eigenvalue weighted by molar-refractivity contribution is 0.529. The van der Waals surface area contributed by atoms with E-state index in [9.17, 15) is 0 Å². The SMILES string of the molecule is Cn1c(N2CC(Nc3nnc(CCl)cc3C3CCNC3)C2)nc2ccccc21. The van der Waals surface area contributed by atoms with Crippen LogP contribution in [0.5, 0.6) is 0 Å². The third-order valence-corrected chi connectivity index (χ3v) is 6.05. The minimum Gasteiger partial charge on any atom is -0.362 e. The van der Waals surface area contributed by atoms with E-state index in [1.165, 1.54) is 5.56 Å². The van der Waals surface area contributed by atoms with Crippen molar-refractivity contribution in [2.45, 2.75) is 24.3 Å². The Labute approximate surface area is 169 Å². The van der Waals surface area contributed by atoms with Gasteiger partial charge in [-0.3, -0.25) is 0 Å². The number of anilines is 2. The average molecular weight is 398 g/mol. The number of rotatable bonds is 5. The second kappa shape index (κ2) is 7.22. The fourth-order valence-corrected chi connectivity index (χ4v) is 4.33. The molecule has 1 unspecified atom stereocenters. The van der Waals surface area contributed by atoms with E-state index >= 15 is 0 Å². The van der Waals surface area contributed by atoms with E-state index < -0.39 is 0 Å². The third-order valence-electron chi connectivity index (χ3n) is 5.78. The van der Waals surface area contributed by atoms with Crippen LogP contribution in [-0.4, -0.2) is 52.0 Å². The molecule has 1 aromatic carbocycles. The van der Waals surface area contributed by atoms with Gasteiger partial charge in [-0.15, -0.1) is 16.7 Å². The maximum absolute atomic E-state index is 5.98. The highest BCUT2D eigenvalue weighted by Gasteiger charge is 2.32. The number of nitrogens with zero attached hydrogens (tertiary/aromatic N) is 5. The van der Waals surface area contributed by atoms with Crippen molar-refractivity contribution < 1.29 is 0 Å². The van der Waals surface area contributed by atoms with Gasteiger partial charge in [-0.2, -0.15) is 5.10 Å². The smallest absolute Gasteiger partial charge is 0.206 e. The van der Waals surface area contributed by atoms with Crippen LogP contribution < -0.4 is 15.5 Å². The summed E-state index contributed by atoms with van der Waals surface area (Å²) in [5.74, 6) is 2.78. The zero-order chi connectivity index (χ0) is 19.1. The second-order valence-corrected chi connectivity index (χ2v) is 7.94. The molecule has 0 spiro atoms. The summed E-state index contributed by atoms with van der Waals surface area (Å²) in [7, 11) is 2.08. The number of hydrogen-bond acceptors (Lipinski definition) is 6. The van der Waals surface area contributed by atoms with E-state index in [1.807, 2.05) is 6.07 Å². The number of alkyl halides is 1. The normalized spacial score (nSPS) is 19.9. The number of benzene rings is 1. The summed E-state index contributed by atoms with van der Waals surface area (Å²) in [6.07, 6.45) is 1.12. The van der Waals surface area contributed by atoms with Gasteiger partial charge >= 0.3 is 0 Å². The van der Waals surface area contributed by atoms with Gasteiger partial charge in [-0.1, -0.05) is 12.1 Å². The fourth-order valence-electron chi connectivity index (χ4n) is 4.20. The number of fused-ring (bicyclic) bond motifs is 1. The number of halogens is 1. The van der Waals surface area contributed by atoms with Crippen LogP contribution in [0.1, 0.15) is 23.6 Å². The monoisotopic (exact) mass is 397 g/mol. The molecule has 0 radical (unpaired) electrons. The molecule has 2 aliphatic rings. The molecule has 2 fully saturated rings. The van der Waals surface area contributed by atoms with Crippen LogP contribution in [0.4, 0.5) is 11.8 Å². The van der Waals surface area contributed by atoms with Crippen LogP contribution >= 0.6 is 11.6 Å². The summed E-state index contributed by atoms with van der Waals surface area (Å²) in [4.78, 5) is 7.09. The Morgan fingerprint density at radius 3 is 2.86 bits per heavy atom. The molecule has 0 aliphatic carbocycles. The van der Waals surface area contributed by atoms with Gasteiger partial charge < -0.3 is 20.1 Å². The van der Waals surface area contributed by atoms with Crippen molar-refractivity contribution >= 4 is 34.4 Å². The van der Waals surface area contributed by atoms with Crippen LogP contribution in [0.3, 0.4) is 0 Å². The molecular weight excluding hydrogens is 374 g/mol. The zero-order valence-electron chi connectivity index (χ0n) is 15.9. The highest BCUT2D eigenvalue weighted by Crippen LogP contribution is 2.31. The number of imidazole rings is 1. The van der Waals surface area contributed by atoms with E-state index in [-0.39, 0.29) is 0 Å². The predicted octanol–water partition coefficient (Wildman–Crippen LogP) is 2.48. The molecule has 28 heavy (non-hydrogen) atoms. The molecule has 0 saturated carbocycles. The van der Waals surface area contributed by atoms with Gasteiger partial charge in [0.1, 0.15) is 0 Å². The largest absolute Gasteiger partial charge is 0.362 e. The average Bonchev–Trinajstić information content (AvgIpc) is 3.33. The Kier molecular flexibility index (Phi) is 4.56. The van der Waals surface area contributed by atoms with Crippen LogP contribution in [0.15, 0.2) is 30.3 Å². The molecule has 2 aliphatic heterocycles. The first-order valence-electron chi connectivity index (χ1n) is 9.79. The van der Waals surface area contributed by atoms with Crippen molar-refractivity contribution in [2.24, 2.45) is 7.05 Å². The van der Waals surface area contributed by atoms with Crippen molar-refractivity contribution in [3.8, 4) is 0 Å². The lowest BCUT2D eigenvalue weighted by atomic mass is 9.98. The van der Waals surface area contributed by atoms with E-state index in [4.69, 9.17) is 16.6 Å². The highest BCUT2D eigenvalue weighted by atomic mass is 35.5. The Morgan fingerprint density at radius 2 is 2.11 bits per heavy atom. The van der Waals surface area contributed by atoms with E-state index in [0.717, 1.165) is 61.1 Å². The number of para-hydroxylation sites is 2. The van der Waals surface area contributed by atoms with Gasteiger partial charge in [0.25, 0.3) is 0 Å². The lowest BCUT2D eigenvalue weighted by Gasteiger charge is -2.40. The first-order chi connectivity index (χ1) is 13.7. The zero-order valence-corrected chi connectivity index (χ0v) is 16.7. The number of hydrogen-bond donors (Lipinski definition) is 2. The standard InChI is InChI=1S/C20H24ClN7/c1-27-18-5-3-2-4-17(18)24-20(27)28-11-15(12-28)23-19-16(13-6-7-22-10-13)8-14(9-21)25-26-19/h2-5,8,13,15,22H,6-7,9-12H2,1H3,(H,23,26). The summed E-state index contributed by atoms with van der Waals surface area (Å²) in [5.41, 5.74) is 4.27. The molecule has 0 amide bonds. The minimum atomic E-state index is 0.337. The molecule has 7 nitrogen and oxygen atoms in total. The number of aryl methyl sites for hydroxylation is 1. The summed E-state index contributed by atoms with van der Waals surface area (Å²) >= 11 is 5.98. The molecule has 2 aromatic heterocycles. The number of aromatic nitrogens is 4.